The van der Waals surface area contributed by atoms with Crippen molar-refractivity contribution in [3.63, 3.8) is 0 Å². The fourth-order valence-corrected chi connectivity index (χ4v) is 2.59. The molecule has 1 aromatic heterocycles. The second kappa shape index (κ2) is 7.27. The van der Waals surface area contributed by atoms with Crippen molar-refractivity contribution in [2.45, 2.75) is 24.9 Å². The van der Waals surface area contributed by atoms with Gasteiger partial charge in [0.25, 0.3) is 5.91 Å². The number of hydrogen-bond acceptors (Lipinski definition) is 3. The number of benzene rings is 1. The molecule has 0 atom stereocenters. The van der Waals surface area contributed by atoms with Gasteiger partial charge in [0.05, 0.1) is 11.9 Å². The summed E-state index contributed by atoms with van der Waals surface area (Å²) in [5, 5.41) is 0.614. The molecule has 1 amide bonds. The van der Waals surface area contributed by atoms with Crippen molar-refractivity contribution >= 4 is 23.4 Å². The minimum Gasteiger partial charge on any atom is -0.310 e. The van der Waals surface area contributed by atoms with Gasteiger partial charge in [-0.05, 0) is 35.1 Å². The van der Waals surface area contributed by atoms with E-state index in [2.05, 4.69) is 18.8 Å². The minimum absolute atomic E-state index is 0.0222. The maximum Gasteiger partial charge on any atom is 0.258 e. The quantitative estimate of drug-likeness (QED) is 0.837. The molecule has 0 spiro atoms. The van der Waals surface area contributed by atoms with E-state index in [4.69, 9.17) is 0 Å². The normalized spacial score (nSPS) is 10.7. The lowest BCUT2D eigenvalue weighted by Crippen LogP contribution is -2.26. The molecule has 4 heteroatoms. The second-order valence-electron chi connectivity index (χ2n) is 5.13. The Morgan fingerprint density at radius 3 is 2.52 bits per heavy atom. The molecule has 0 saturated heterocycles. The number of hydrogen-bond donors (Lipinski definition) is 0. The van der Waals surface area contributed by atoms with Gasteiger partial charge < -0.3 is 4.90 Å². The van der Waals surface area contributed by atoms with E-state index in [0.717, 1.165) is 11.4 Å². The summed E-state index contributed by atoms with van der Waals surface area (Å²) in [6.07, 6.45) is 3.38. The predicted molar refractivity (Wildman–Crippen MR) is 89.8 cm³/mol. The summed E-state index contributed by atoms with van der Waals surface area (Å²) >= 11 is 1.90. The monoisotopic (exact) mass is 300 g/mol. The van der Waals surface area contributed by atoms with Gasteiger partial charge in [-0.25, -0.2) is 0 Å². The first-order chi connectivity index (χ1) is 10.1. The van der Waals surface area contributed by atoms with E-state index >= 15 is 0 Å². The van der Waals surface area contributed by atoms with Crippen LogP contribution in [0.3, 0.4) is 0 Å². The molecule has 21 heavy (non-hydrogen) atoms. The summed E-state index contributed by atoms with van der Waals surface area (Å²) in [7, 11) is 1.77. The third-order valence-corrected chi connectivity index (χ3v) is 4.29. The molecule has 1 heterocycles. The highest BCUT2D eigenvalue weighted by molar-refractivity contribution is 7.99. The number of nitrogens with zero attached hydrogens (tertiary/aromatic N) is 2. The van der Waals surface area contributed by atoms with Gasteiger partial charge in [0.15, 0.2) is 0 Å². The Balaban J connectivity index is 2.06. The molecule has 0 aliphatic rings. The maximum absolute atomic E-state index is 12.4. The van der Waals surface area contributed by atoms with Crippen LogP contribution >= 0.6 is 11.8 Å². The summed E-state index contributed by atoms with van der Waals surface area (Å²) < 4.78 is 0. The van der Waals surface area contributed by atoms with Crippen molar-refractivity contribution in [1.82, 2.24) is 4.98 Å². The Labute approximate surface area is 130 Å². The van der Waals surface area contributed by atoms with Gasteiger partial charge in [-0.3, -0.25) is 9.78 Å². The number of amides is 1. The maximum atomic E-state index is 12.4. The summed E-state index contributed by atoms with van der Waals surface area (Å²) in [5.74, 6) is 0.955. The van der Waals surface area contributed by atoms with Crippen molar-refractivity contribution in [3.05, 3.63) is 59.9 Å². The van der Waals surface area contributed by atoms with Gasteiger partial charge >= 0.3 is 0 Å². The fourth-order valence-electron chi connectivity index (χ4n) is 1.87. The minimum atomic E-state index is -0.0222. The molecule has 1 aromatic carbocycles. The van der Waals surface area contributed by atoms with Crippen LogP contribution in [0.25, 0.3) is 0 Å². The van der Waals surface area contributed by atoms with Crippen LogP contribution in [0.4, 0.5) is 5.69 Å². The number of aromatic nitrogens is 1. The summed E-state index contributed by atoms with van der Waals surface area (Å²) in [6, 6.07) is 11.5. The van der Waals surface area contributed by atoms with Crippen molar-refractivity contribution in [2.24, 2.45) is 0 Å². The molecule has 0 saturated carbocycles. The van der Waals surface area contributed by atoms with Crippen LogP contribution in [0, 0.1) is 0 Å². The molecule has 2 rings (SSSR count). The van der Waals surface area contributed by atoms with E-state index in [-0.39, 0.29) is 5.91 Å². The van der Waals surface area contributed by atoms with Crippen molar-refractivity contribution in [2.75, 3.05) is 11.9 Å². The van der Waals surface area contributed by atoms with Crippen LogP contribution in [0.5, 0.6) is 0 Å². The van der Waals surface area contributed by atoms with Gasteiger partial charge in [-0.15, -0.1) is 0 Å². The molecule has 110 valence electrons. The summed E-state index contributed by atoms with van der Waals surface area (Å²) in [4.78, 5) is 18.1. The zero-order valence-corrected chi connectivity index (χ0v) is 13.4. The second-order valence-corrected chi connectivity index (χ2v) is 6.70. The Kier molecular flexibility index (Phi) is 5.39. The standard InChI is InChI=1S/C17H20N2OS/c1-13(2)21-12-14-6-8-15(9-7-14)17(20)19(3)16-5-4-10-18-11-16/h4-11,13H,12H2,1-3H3. The Morgan fingerprint density at radius 2 is 1.95 bits per heavy atom. The Bertz CT molecular complexity index is 581. The SMILES string of the molecule is CC(C)SCc1ccc(C(=O)N(C)c2cccnc2)cc1. The topological polar surface area (TPSA) is 33.2 Å². The molecule has 0 aliphatic carbocycles. The van der Waals surface area contributed by atoms with Crippen LogP contribution in [-0.4, -0.2) is 23.2 Å². The average molecular weight is 300 g/mol. The van der Waals surface area contributed by atoms with Crippen LogP contribution in [0.15, 0.2) is 48.8 Å². The zero-order valence-electron chi connectivity index (χ0n) is 12.6. The molecule has 0 N–H and O–H groups in total. The number of carbonyl (C=O) groups excluding carboxylic acids is 1. The van der Waals surface area contributed by atoms with Crippen molar-refractivity contribution < 1.29 is 4.79 Å². The van der Waals surface area contributed by atoms with Crippen LogP contribution in [0.2, 0.25) is 0 Å². The van der Waals surface area contributed by atoms with E-state index in [1.54, 1.807) is 24.3 Å². The van der Waals surface area contributed by atoms with Crippen molar-refractivity contribution in [1.29, 1.82) is 0 Å². The molecule has 0 radical (unpaired) electrons. The molecule has 0 bridgehead atoms. The number of thioether (sulfide) groups is 1. The Morgan fingerprint density at radius 1 is 1.24 bits per heavy atom. The number of pyridine rings is 1. The van der Waals surface area contributed by atoms with E-state index in [1.807, 2.05) is 48.2 Å². The molecule has 0 unspecified atom stereocenters. The molecule has 3 nitrogen and oxygen atoms in total. The number of rotatable bonds is 5. The average Bonchev–Trinajstić information content (AvgIpc) is 2.53. The fraction of sp³-hybridized carbons (Fsp3) is 0.294. The lowest BCUT2D eigenvalue weighted by Gasteiger charge is -2.17. The summed E-state index contributed by atoms with van der Waals surface area (Å²) in [6.45, 7) is 4.37. The van der Waals surface area contributed by atoms with E-state index in [0.29, 0.717) is 10.8 Å². The van der Waals surface area contributed by atoms with E-state index in [1.165, 1.54) is 5.56 Å². The molecule has 2 aromatic rings. The first-order valence-electron chi connectivity index (χ1n) is 6.96. The van der Waals surface area contributed by atoms with Gasteiger partial charge in [0, 0.05) is 24.6 Å². The highest BCUT2D eigenvalue weighted by Crippen LogP contribution is 2.19. The van der Waals surface area contributed by atoms with E-state index < -0.39 is 0 Å². The molecule has 0 aliphatic heterocycles. The van der Waals surface area contributed by atoms with Crippen LogP contribution in [0.1, 0.15) is 29.8 Å². The van der Waals surface area contributed by atoms with Gasteiger partial charge in [-0.2, -0.15) is 11.8 Å². The lowest BCUT2D eigenvalue weighted by molar-refractivity contribution is 0.0993. The smallest absolute Gasteiger partial charge is 0.258 e. The lowest BCUT2D eigenvalue weighted by atomic mass is 10.1. The first kappa shape index (κ1) is 15.6. The summed E-state index contributed by atoms with van der Waals surface area (Å²) in [5.41, 5.74) is 2.73. The van der Waals surface area contributed by atoms with Gasteiger partial charge in [0.1, 0.15) is 0 Å². The molecular formula is C17H20N2OS. The Hall–Kier alpha value is -1.81. The highest BCUT2D eigenvalue weighted by atomic mass is 32.2. The third-order valence-electron chi connectivity index (χ3n) is 3.12. The predicted octanol–water partition coefficient (Wildman–Crippen LogP) is 4.00. The molecule has 0 fully saturated rings. The third kappa shape index (κ3) is 4.33. The zero-order chi connectivity index (χ0) is 15.2. The number of anilines is 1. The van der Waals surface area contributed by atoms with Crippen LogP contribution in [-0.2, 0) is 5.75 Å². The first-order valence-corrected chi connectivity index (χ1v) is 8.01. The van der Waals surface area contributed by atoms with Gasteiger partial charge in [0.2, 0.25) is 0 Å². The van der Waals surface area contributed by atoms with Crippen LogP contribution < -0.4 is 4.90 Å². The highest BCUT2D eigenvalue weighted by Gasteiger charge is 2.13. The van der Waals surface area contributed by atoms with Gasteiger partial charge in [-0.1, -0.05) is 26.0 Å². The number of carbonyl (C=O) groups is 1. The molecular weight excluding hydrogens is 280 g/mol. The largest absolute Gasteiger partial charge is 0.310 e. The van der Waals surface area contributed by atoms with E-state index in [9.17, 15) is 4.79 Å². The van der Waals surface area contributed by atoms with Crippen molar-refractivity contribution in [3.8, 4) is 0 Å².